The van der Waals surface area contributed by atoms with Crippen LogP contribution in [0, 0.1) is 0 Å². The zero-order chi connectivity index (χ0) is 43.2. The fourth-order valence-corrected chi connectivity index (χ4v) is 6.23. The van der Waals surface area contributed by atoms with Crippen LogP contribution in [0.4, 0.5) is 0 Å². The molecule has 0 spiro atoms. The largest absolute Gasteiger partial charge is 0.472 e. The Morgan fingerprint density at radius 2 is 1.09 bits per heavy atom. The Kier molecular flexibility index (Phi) is 35.9. The van der Waals surface area contributed by atoms with Crippen LogP contribution in [0.3, 0.4) is 0 Å². The summed E-state index contributed by atoms with van der Waals surface area (Å²) in [6.07, 6.45) is 36.3. The van der Waals surface area contributed by atoms with Gasteiger partial charge in [-0.05, 0) is 64.2 Å². The fourth-order valence-electron chi connectivity index (χ4n) is 5.07. The molecule has 0 radical (unpaired) electrons. The molecule has 0 amide bonds. The second-order valence-electron chi connectivity index (χ2n) is 13.7. The number of hydrogen-bond acceptors (Lipinski definition) is 11. The normalized spacial score (nSPS) is 15.4. The molecule has 5 N–H and O–H groups in total. The highest BCUT2D eigenvalue weighted by Crippen LogP contribution is 2.43. The average molecular weight is 863 g/mol. The summed E-state index contributed by atoms with van der Waals surface area (Å²) < 4.78 is 47.6. The predicted octanol–water partition coefficient (Wildman–Crippen LogP) is 9.20. The van der Waals surface area contributed by atoms with E-state index < -0.39 is 72.3 Å². The van der Waals surface area contributed by atoms with Gasteiger partial charge in [-0.15, -0.1) is 0 Å². The summed E-state index contributed by atoms with van der Waals surface area (Å²) in [5.41, 5.74) is 0. The van der Waals surface area contributed by atoms with E-state index in [1.807, 2.05) is 18.2 Å². The van der Waals surface area contributed by atoms with Gasteiger partial charge in [-0.1, -0.05) is 132 Å². The topological polar surface area (TPSA) is 216 Å². The highest BCUT2D eigenvalue weighted by Gasteiger charge is 2.28. The number of carbonyl (C=O) groups is 2. The van der Waals surface area contributed by atoms with Crippen molar-refractivity contribution >= 4 is 27.6 Å². The Hall–Kier alpha value is -2.48. The van der Waals surface area contributed by atoms with Gasteiger partial charge in [0, 0.05) is 12.8 Å². The highest BCUT2D eigenvalue weighted by atomic mass is 31.2. The Bertz CT molecular complexity index is 1320. The van der Waals surface area contributed by atoms with Crippen molar-refractivity contribution in [1.82, 2.24) is 0 Å². The van der Waals surface area contributed by atoms with E-state index >= 15 is 0 Å². The number of phosphoric ester groups is 2. The fraction of sp³-hybridized carbons (Fsp3) is 0.667. The summed E-state index contributed by atoms with van der Waals surface area (Å²) in [5, 5.41) is 19.9. The van der Waals surface area contributed by atoms with Gasteiger partial charge in [0.15, 0.2) is 6.10 Å². The van der Waals surface area contributed by atoms with Crippen LogP contribution in [0.2, 0.25) is 0 Å². The average Bonchev–Trinajstić information content (AvgIpc) is 3.17. The van der Waals surface area contributed by atoms with Crippen molar-refractivity contribution in [2.75, 3.05) is 26.4 Å². The van der Waals surface area contributed by atoms with Gasteiger partial charge >= 0.3 is 27.6 Å². The third-order valence-electron chi connectivity index (χ3n) is 8.18. The summed E-state index contributed by atoms with van der Waals surface area (Å²) in [4.78, 5) is 52.6. The van der Waals surface area contributed by atoms with Crippen LogP contribution < -0.4 is 0 Å². The summed E-state index contributed by atoms with van der Waals surface area (Å²) in [7, 11) is -9.72. The van der Waals surface area contributed by atoms with Gasteiger partial charge in [0.05, 0.1) is 25.9 Å². The molecule has 4 atom stereocenters. The number of unbranched alkanes of at least 4 members (excludes halogenated alkanes) is 9. The van der Waals surface area contributed by atoms with Crippen LogP contribution in [0.1, 0.15) is 136 Å². The summed E-state index contributed by atoms with van der Waals surface area (Å²) in [6.45, 7) is 1.36. The Balaban J connectivity index is 4.67. The van der Waals surface area contributed by atoms with Crippen LogP contribution in [-0.2, 0) is 41.8 Å². The first-order chi connectivity index (χ1) is 27.8. The molecule has 2 unspecified atom stereocenters. The molecule has 0 saturated carbocycles. The van der Waals surface area contributed by atoms with Crippen molar-refractivity contribution < 1.29 is 66.7 Å². The predicted molar refractivity (Wildman–Crippen MR) is 226 cm³/mol. The van der Waals surface area contributed by atoms with Gasteiger partial charge in [0.1, 0.15) is 12.7 Å². The zero-order valence-electron chi connectivity index (χ0n) is 34.7. The number of rotatable bonds is 38. The van der Waals surface area contributed by atoms with Crippen molar-refractivity contribution in [2.24, 2.45) is 0 Å². The van der Waals surface area contributed by atoms with Crippen molar-refractivity contribution in [3.8, 4) is 0 Å². The van der Waals surface area contributed by atoms with Crippen LogP contribution in [0.25, 0.3) is 0 Å². The molecule has 58 heavy (non-hydrogen) atoms. The van der Waals surface area contributed by atoms with E-state index in [1.54, 1.807) is 6.08 Å². The molecule has 0 heterocycles. The van der Waals surface area contributed by atoms with E-state index in [1.165, 1.54) is 0 Å². The maximum absolute atomic E-state index is 12.6. The SMILES string of the molecule is CC/C=C\C/C=C\C/C=C\CCCCCCCC(=O)OC[C@H](COP(=O)(O)OC[C@@H](O)COP(=O)(O)O)OC(=O)CCCCCCCC(O)/C=C/C=C/C/C=C/CC. The van der Waals surface area contributed by atoms with Crippen LogP contribution >= 0.6 is 15.6 Å². The maximum atomic E-state index is 12.6. The molecule has 0 aromatic rings. The van der Waals surface area contributed by atoms with Crippen LogP contribution in [0.5, 0.6) is 0 Å². The second-order valence-corrected chi connectivity index (χ2v) is 16.4. The van der Waals surface area contributed by atoms with E-state index in [0.29, 0.717) is 19.3 Å². The molecule has 0 aliphatic rings. The molecule has 0 aromatic carbocycles. The molecule has 14 nitrogen and oxygen atoms in total. The van der Waals surface area contributed by atoms with E-state index in [4.69, 9.17) is 23.8 Å². The number of carbonyl (C=O) groups excluding carboxylic acids is 2. The molecule has 0 bridgehead atoms. The number of phosphoric acid groups is 2. The summed E-state index contributed by atoms with van der Waals surface area (Å²) in [5.74, 6) is -1.14. The summed E-state index contributed by atoms with van der Waals surface area (Å²) in [6, 6.07) is 0. The quantitative estimate of drug-likeness (QED) is 0.0129. The minimum atomic E-state index is -4.88. The van der Waals surface area contributed by atoms with Gasteiger partial charge in [-0.3, -0.25) is 23.2 Å². The third kappa shape index (κ3) is 40.3. The lowest BCUT2D eigenvalue weighted by Crippen LogP contribution is -2.30. The number of hydrogen-bond donors (Lipinski definition) is 5. The van der Waals surface area contributed by atoms with E-state index in [0.717, 1.165) is 89.9 Å². The smallest absolute Gasteiger partial charge is 0.462 e. The molecule has 0 aromatic heterocycles. The molecule has 334 valence electrons. The number of allylic oxidation sites excluding steroid dienone is 11. The van der Waals surface area contributed by atoms with Crippen molar-refractivity contribution in [2.45, 2.75) is 154 Å². The number of aliphatic hydroxyl groups excluding tert-OH is 2. The lowest BCUT2D eigenvalue weighted by Gasteiger charge is -2.20. The van der Waals surface area contributed by atoms with Gasteiger partial charge in [-0.2, -0.15) is 0 Å². The van der Waals surface area contributed by atoms with Gasteiger partial charge in [-0.25, -0.2) is 9.13 Å². The first-order valence-electron chi connectivity index (χ1n) is 20.7. The molecule has 0 rings (SSSR count). The monoisotopic (exact) mass is 862 g/mol. The van der Waals surface area contributed by atoms with Gasteiger partial charge < -0.3 is 34.4 Å². The summed E-state index contributed by atoms with van der Waals surface area (Å²) >= 11 is 0. The van der Waals surface area contributed by atoms with E-state index in [-0.39, 0.29) is 12.8 Å². The molecular weight excluding hydrogens is 790 g/mol. The van der Waals surface area contributed by atoms with Gasteiger partial charge in [0.25, 0.3) is 0 Å². The van der Waals surface area contributed by atoms with Crippen molar-refractivity contribution in [3.05, 3.63) is 72.9 Å². The minimum Gasteiger partial charge on any atom is -0.462 e. The zero-order valence-corrected chi connectivity index (χ0v) is 36.5. The molecule has 16 heteroatoms. The Morgan fingerprint density at radius 1 is 0.569 bits per heavy atom. The number of aliphatic hydroxyl groups is 2. The lowest BCUT2D eigenvalue weighted by atomic mass is 10.1. The number of esters is 2. The standard InChI is InChI=1S/C42H72O14P2/c1-3-5-7-9-11-12-13-14-15-16-17-18-20-24-28-32-41(45)52-36-40(37-55-58(50,51)54-35-39(44)34-53-57(47,48)49)56-42(46)33-29-25-21-23-27-31-38(43)30-26-22-19-10-8-6-4-2/h5-8,11-12,14-15,19,22,26,30,38-40,43-44H,3-4,9-10,13,16-18,20-21,23-25,27-29,31-37H2,1-2H3,(H,50,51)(H2,47,48,49)/b7-5-,8-6+,12-11-,15-14-,22-19+,30-26+/t38?,39-,40+/m0/s1. The molecular formula is C42H72O14P2. The lowest BCUT2D eigenvalue weighted by molar-refractivity contribution is -0.161. The Morgan fingerprint density at radius 3 is 1.72 bits per heavy atom. The molecule has 0 fully saturated rings. The van der Waals surface area contributed by atoms with E-state index in [9.17, 15) is 33.8 Å². The van der Waals surface area contributed by atoms with Crippen LogP contribution in [0.15, 0.2) is 72.9 Å². The third-order valence-corrected chi connectivity index (χ3v) is 9.62. The van der Waals surface area contributed by atoms with Crippen LogP contribution in [-0.4, -0.2) is 81.6 Å². The first kappa shape index (κ1) is 55.5. The van der Waals surface area contributed by atoms with Crippen molar-refractivity contribution in [3.63, 3.8) is 0 Å². The molecule has 0 aliphatic heterocycles. The van der Waals surface area contributed by atoms with Gasteiger partial charge in [0.2, 0.25) is 0 Å². The molecule has 0 aliphatic carbocycles. The highest BCUT2D eigenvalue weighted by molar-refractivity contribution is 7.47. The second kappa shape index (κ2) is 37.5. The maximum Gasteiger partial charge on any atom is 0.472 e. The van der Waals surface area contributed by atoms with Crippen molar-refractivity contribution in [1.29, 1.82) is 0 Å². The minimum absolute atomic E-state index is 0.0540. The van der Waals surface area contributed by atoms with E-state index in [2.05, 4.69) is 71.5 Å². The first-order valence-corrected chi connectivity index (χ1v) is 23.8. The molecule has 0 saturated heterocycles. The Labute approximate surface area is 347 Å². The number of ether oxygens (including phenoxy) is 2.